The predicted molar refractivity (Wildman–Crippen MR) is 60.2 cm³/mol. The fourth-order valence-electron chi connectivity index (χ4n) is 1.41. The molecule has 1 aromatic heterocycles. The van der Waals surface area contributed by atoms with Crippen LogP contribution in [0.3, 0.4) is 0 Å². The molecule has 0 amide bonds. The van der Waals surface area contributed by atoms with E-state index in [0.29, 0.717) is 5.69 Å². The summed E-state index contributed by atoms with van der Waals surface area (Å²) in [5, 5.41) is 0. The third-order valence-corrected chi connectivity index (χ3v) is 2.15. The van der Waals surface area contributed by atoms with Crippen LogP contribution in [0.5, 0.6) is 11.5 Å². The summed E-state index contributed by atoms with van der Waals surface area (Å²) in [6.45, 7) is 0. The molecule has 0 atom stereocenters. The summed E-state index contributed by atoms with van der Waals surface area (Å²) in [4.78, 5) is 3.74. The lowest BCUT2D eigenvalue weighted by Gasteiger charge is -2.13. The topological polar surface area (TPSA) is 48.1 Å². The van der Waals surface area contributed by atoms with Gasteiger partial charge in [-0.1, -0.05) is 12.1 Å². The number of aromatic nitrogens is 1. The Balaban J connectivity index is 2.35. The van der Waals surface area contributed by atoms with Crippen molar-refractivity contribution in [3.63, 3.8) is 0 Å². The normalized spacial score (nSPS) is 11.3. The van der Waals surface area contributed by atoms with Crippen molar-refractivity contribution in [3.05, 3.63) is 48.3 Å². The van der Waals surface area contributed by atoms with Gasteiger partial charge in [0.2, 0.25) is 0 Å². The molecule has 0 radical (unpaired) electrons. The number of benzene rings is 1. The molecule has 0 aliphatic carbocycles. The minimum Gasteiger partial charge on any atom is -0.455 e. The van der Waals surface area contributed by atoms with Gasteiger partial charge in [-0.25, -0.2) is 0 Å². The quantitative estimate of drug-likeness (QED) is 0.892. The first-order chi connectivity index (χ1) is 8.47. The van der Waals surface area contributed by atoms with E-state index in [1.165, 1.54) is 36.7 Å². The van der Waals surface area contributed by atoms with Crippen LogP contribution in [0.1, 0.15) is 5.56 Å². The zero-order valence-electron chi connectivity index (χ0n) is 9.11. The molecule has 18 heavy (non-hydrogen) atoms. The van der Waals surface area contributed by atoms with Crippen molar-refractivity contribution in [2.75, 3.05) is 5.73 Å². The molecule has 0 bridgehead atoms. The summed E-state index contributed by atoms with van der Waals surface area (Å²) in [6, 6.07) is 6.36. The molecule has 6 heteroatoms. The molecule has 0 unspecified atom stereocenters. The molecule has 0 saturated heterocycles. The number of anilines is 1. The van der Waals surface area contributed by atoms with Crippen LogP contribution in [0.25, 0.3) is 0 Å². The van der Waals surface area contributed by atoms with Crippen molar-refractivity contribution in [3.8, 4) is 11.5 Å². The molecule has 0 aliphatic rings. The van der Waals surface area contributed by atoms with E-state index in [-0.39, 0.29) is 11.5 Å². The van der Waals surface area contributed by atoms with E-state index in [0.717, 1.165) is 6.07 Å². The summed E-state index contributed by atoms with van der Waals surface area (Å²) >= 11 is 0. The lowest BCUT2D eigenvalue weighted by Crippen LogP contribution is -2.06. The van der Waals surface area contributed by atoms with E-state index in [1.807, 2.05) is 0 Å². The third kappa shape index (κ3) is 2.71. The van der Waals surface area contributed by atoms with E-state index in [2.05, 4.69) is 4.98 Å². The standard InChI is InChI=1S/C12H9F3N2O/c13-12(14,15)10-3-1-2-4-11(10)18-9-5-8(16)6-17-7-9/h1-7H,16H2. The van der Waals surface area contributed by atoms with Crippen LogP contribution in [0.15, 0.2) is 42.7 Å². The number of pyridine rings is 1. The molecule has 3 nitrogen and oxygen atoms in total. The van der Waals surface area contributed by atoms with Crippen molar-refractivity contribution in [1.82, 2.24) is 4.98 Å². The fourth-order valence-corrected chi connectivity index (χ4v) is 1.41. The number of para-hydroxylation sites is 1. The van der Waals surface area contributed by atoms with Crippen LogP contribution in [0.2, 0.25) is 0 Å². The first-order valence-corrected chi connectivity index (χ1v) is 5.01. The zero-order valence-corrected chi connectivity index (χ0v) is 9.11. The number of nitrogen functional groups attached to an aromatic ring is 1. The van der Waals surface area contributed by atoms with Gasteiger partial charge >= 0.3 is 6.18 Å². The smallest absolute Gasteiger partial charge is 0.419 e. The van der Waals surface area contributed by atoms with Crippen LogP contribution in [-0.4, -0.2) is 4.98 Å². The minimum absolute atomic E-state index is 0.159. The van der Waals surface area contributed by atoms with E-state index >= 15 is 0 Å². The summed E-state index contributed by atoms with van der Waals surface area (Å²) in [5.74, 6) is -0.121. The van der Waals surface area contributed by atoms with Crippen molar-refractivity contribution >= 4 is 5.69 Å². The van der Waals surface area contributed by atoms with Crippen LogP contribution in [0, 0.1) is 0 Å². The van der Waals surface area contributed by atoms with Crippen molar-refractivity contribution in [2.24, 2.45) is 0 Å². The molecular weight excluding hydrogens is 245 g/mol. The molecule has 0 saturated carbocycles. The van der Waals surface area contributed by atoms with Crippen LogP contribution in [0.4, 0.5) is 18.9 Å². The first-order valence-electron chi connectivity index (χ1n) is 5.01. The Morgan fingerprint density at radius 3 is 2.50 bits per heavy atom. The van der Waals surface area contributed by atoms with Gasteiger partial charge in [-0.15, -0.1) is 0 Å². The lowest BCUT2D eigenvalue weighted by atomic mass is 10.2. The molecule has 0 spiro atoms. The van der Waals surface area contributed by atoms with E-state index in [9.17, 15) is 13.2 Å². The van der Waals surface area contributed by atoms with E-state index < -0.39 is 11.7 Å². The molecule has 0 fully saturated rings. The van der Waals surface area contributed by atoms with Crippen molar-refractivity contribution in [2.45, 2.75) is 6.18 Å². The average molecular weight is 254 g/mol. The molecule has 2 aromatic rings. The molecule has 0 aliphatic heterocycles. The van der Waals surface area contributed by atoms with Crippen molar-refractivity contribution < 1.29 is 17.9 Å². The number of hydrogen-bond acceptors (Lipinski definition) is 3. The molecule has 1 heterocycles. The number of halogens is 3. The highest BCUT2D eigenvalue weighted by Crippen LogP contribution is 2.37. The Morgan fingerprint density at radius 2 is 1.83 bits per heavy atom. The Morgan fingerprint density at radius 1 is 1.11 bits per heavy atom. The fraction of sp³-hybridized carbons (Fsp3) is 0.0833. The van der Waals surface area contributed by atoms with Gasteiger partial charge in [0, 0.05) is 6.07 Å². The second-order valence-electron chi connectivity index (χ2n) is 3.55. The average Bonchev–Trinajstić information content (AvgIpc) is 2.28. The third-order valence-electron chi connectivity index (χ3n) is 2.15. The van der Waals surface area contributed by atoms with Gasteiger partial charge in [-0.05, 0) is 12.1 Å². The predicted octanol–water partition coefficient (Wildman–Crippen LogP) is 3.47. The van der Waals surface area contributed by atoms with Gasteiger partial charge in [-0.3, -0.25) is 4.98 Å². The zero-order chi connectivity index (χ0) is 13.2. The SMILES string of the molecule is Nc1cncc(Oc2ccccc2C(F)(F)F)c1. The van der Waals surface area contributed by atoms with Crippen LogP contribution >= 0.6 is 0 Å². The molecular formula is C12H9F3N2O. The van der Waals surface area contributed by atoms with E-state index in [1.54, 1.807) is 0 Å². The summed E-state index contributed by atoms with van der Waals surface area (Å²) in [7, 11) is 0. The molecule has 2 rings (SSSR count). The Hall–Kier alpha value is -2.24. The van der Waals surface area contributed by atoms with Gasteiger partial charge in [0.1, 0.15) is 11.5 Å². The maximum Gasteiger partial charge on any atom is 0.419 e. The highest BCUT2D eigenvalue weighted by molar-refractivity contribution is 5.44. The highest BCUT2D eigenvalue weighted by atomic mass is 19.4. The Kier molecular flexibility index (Phi) is 3.10. The molecule has 1 aromatic carbocycles. The van der Waals surface area contributed by atoms with Crippen LogP contribution < -0.4 is 10.5 Å². The number of nitrogens with two attached hydrogens (primary N) is 1. The van der Waals surface area contributed by atoms with E-state index in [4.69, 9.17) is 10.5 Å². The monoisotopic (exact) mass is 254 g/mol. The van der Waals surface area contributed by atoms with Gasteiger partial charge in [0.25, 0.3) is 0 Å². The maximum absolute atomic E-state index is 12.7. The van der Waals surface area contributed by atoms with Gasteiger partial charge < -0.3 is 10.5 Å². The summed E-state index contributed by atoms with van der Waals surface area (Å²) in [6.07, 6.45) is -1.80. The lowest BCUT2D eigenvalue weighted by molar-refractivity contribution is -0.138. The Labute approximate surface area is 101 Å². The van der Waals surface area contributed by atoms with Crippen molar-refractivity contribution in [1.29, 1.82) is 0 Å². The molecule has 94 valence electrons. The maximum atomic E-state index is 12.7. The Bertz CT molecular complexity index is 555. The minimum atomic E-state index is -4.47. The van der Waals surface area contributed by atoms with Gasteiger partial charge in [0.05, 0.1) is 23.6 Å². The molecule has 2 N–H and O–H groups in total. The number of ether oxygens (including phenoxy) is 1. The largest absolute Gasteiger partial charge is 0.455 e. The second kappa shape index (κ2) is 4.56. The number of hydrogen-bond donors (Lipinski definition) is 1. The number of alkyl halides is 3. The van der Waals surface area contributed by atoms with Gasteiger partial charge in [-0.2, -0.15) is 13.2 Å². The number of rotatable bonds is 2. The summed E-state index contributed by atoms with van der Waals surface area (Å²) < 4.78 is 43.3. The number of nitrogens with zero attached hydrogens (tertiary/aromatic N) is 1. The first kappa shape index (κ1) is 12.2. The second-order valence-corrected chi connectivity index (χ2v) is 3.55. The van der Waals surface area contributed by atoms with Crippen LogP contribution in [-0.2, 0) is 6.18 Å². The summed E-state index contributed by atoms with van der Waals surface area (Å²) in [5.41, 5.74) is 4.95. The highest BCUT2D eigenvalue weighted by Gasteiger charge is 2.34. The van der Waals surface area contributed by atoms with Gasteiger partial charge in [0.15, 0.2) is 0 Å².